The van der Waals surface area contributed by atoms with E-state index in [1.165, 1.54) is 0 Å². The SMILES string of the molecule is CCc1cc(NC)nc(C)n1. The van der Waals surface area contributed by atoms with Gasteiger partial charge in [-0.05, 0) is 13.3 Å². The molecule has 0 saturated carbocycles. The average molecular weight is 151 g/mol. The summed E-state index contributed by atoms with van der Waals surface area (Å²) in [6, 6.07) is 1.97. The topological polar surface area (TPSA) is 37.8 Å². The third kappa shape index (κ3) is 1.90. The molecule has 0 aliphatic rings. The molecule has 0 spiro atoms. The van der Waals surface area contributed by atoms with Crippen LogP contribution in [0.1, 0.15) is 18.4 Å². The van der Waals surface area contributed by atoms with Gasteiger partial charge in [-0.25, -0.2) is 9.97 Å². The Kier molecular flexibility index (Phi) is 2.41. The molecule has 1 aromatic heterocycles. The minimum absolute atomic E-state index is 0.828. The number of nitrogens with zero attached hydrogens (tertiary/aromatic N) is 2. The quantitative estimate of drug-likeness (QED) is 0.694. The number of aromatic nitrogens is 2. The first-order valence-corrected chi connectivity index (χ1v) is 3.78. The minimum atomic E-state index is 0.828. The Labute approximate surface area is 66.9 Å². The molecule has 0 fully saturated rings. The number of rotatable bonds is 2. The maximum absolute atomic E-state index is 4.25. The summed E-state index contributed by atoms with van der Waals surface area (Å²) in [5.41, 5.74) is 1.09. The van der Waals surface area contributed by atoms with E-state index in [9.17, 15) is 0 Å². The first-order valence-electron chi connectivity index (χ1n) is 3.78. The van der Waals surface area contributed by atoms with Gasteiger partial charge in [-0.1, -0.05) is 6.92 Å². The lowest BCUT2D eigenvalue weighted by Crippen LogP contribution is -1.99. The molecule has 3 heteroatoms. The molecule has 0 unspecified atom stereocenters. The predicted molar refractivity (Wildman–Crippen MR) is 45.7 cm³/mol. The number of aryl methyl sites for hydroxylation is 2. The smallest absolute Gasteiger partial charge is 0.129 e. The van der Waals surface area contributed by atoms with Gasteiger partial charge in [0.2, 0.25) is 0 Å². The van der Waals surface area contributed by atoms with Gasteiger partial charge in [0.05, 0.1) is 0 Å². The second-order valence-electron chi connectivity index (χ2n) is 2.40. The van der Waals surface area contributed by atoms with Crippen molar-refractivity contribution in [2.24, 2.45) is 0 Å². The van der Waals surface area contributed by atoms with Crippen molar-refractivity contribution in [3.8, 4) is 0 Å². The Hall–Kier alpha value is -1.12. The van der Waals surface area contributed by atoms with Crippen LogP contribution in [0, 0.1) is 6.92 Å². The van der Waals surface area contributed by atoms with E-state index in [2.05, 4.69) is 22.2 Å². The van der Waals surface area contributed by atoms with Gasteiger partial charge in [-0.15, -0.1) is 0 Å². The van der Waals surface area contributed by atoms with Crippen molar-refractivity contribution in [3.63, 3.8) is 0 Å². The van der Waals surface area contributed by atoms with Crippen LogP contribution in [0.5, 0.6) is 0 Å². The Morgan fingerprint density at radius 2 is 2.18 bits per heavy atom. The van der Waals surface area contributed by atoms with E-state index in [4.69, 9.17) is 0 Å². The lowest BCUT2D eigenvalue weighted by Gasteiger charge is -2.02. The fraction of sp³-hybridized carbons (Fsp3) is 0.500. The summed E-state index contributed by atoms with van der Waals surface area (Å²) in [5.74, 6) is 1.73. The standard InChI is InChI=1S/C8H13N3/c1-4-7-5-8(9-3)11-6(2)10-7/h5H,4H2,1-3H3,(H,9,10,11). The molecule has 3 nitrogen and oxygen atoms in total. The van der Waals surface area contributed by atoms with Gasteiger partial charge < -0.3 is 5.32 Å². The molecule has 60 valence electrons. The van der Waals surface area contributed by atoms with Crippen molar-refractivity contribution in [3.05, 3.63) is 17.6 Å². The van der Waals surface area contributed by atoms with Crippen molar-refractivity contribution in [1.29, 1.82) is 0 Å². The van der Waals surface area contributed by atoms with Crippen LogP contribution in [0.15, 0.2) is 6.07 Å². The number of anilines is 1. The molecule has 0 aliphatic heterocycles. The highest BCUT2D eigenvalue weighted by Crippen LogP contribution is 2.05. The Bertz CT molecular complexity index is 223. The number of hydrogen-bond donors (Lipinski definition) is 1. The van der Waals surface area contributed by atoms with Gasteiger partial charge in [0.1, 0.15) is 11.6 Å². The molecule has 1 heterocycles. The molecule has 0 saturated heterocycles. The summed E-state index contributed by atoms with van der Waals surface area (Å²) >= 11 is 0. The molecule has 1 N–H and O–H groups in total. The van der Waals surface area contributed by atoms with Crippen LogP contribution < -0.4 is 5.32 Å². The maximum atomic E-state index is 4.25. The molecule has 0 amide bonds. The second-order valence-corrected chi connectivity index (χ2v) is 2.40. The maximum Gasteiger partial charge on any atom is 0.129 e. The molecule has 0 aliphatic carbocycles. The van der Waals surface area contributed by atoms with Crippen LogP contribution in [-0.4, -0.2) is 17.0 Å². The Balaban J connectivity index is 3.02. The van der Waals surface area contributed by atoms with Crippen molar-refractivity contribution in [1.82, 2.24) is 9.97 Å². The van der Waals surface area contributed by atoms with E-state index < -0.39 is 0 Å². The number of nitrogens with one attached hydrogen (secondary N) is 1. The third-order valence-electron chi connectivity index (χ3n) is 1.51. The van der Waals surface area contributed by atoms with Gasteiger partial charge in [-0.2, -0.15) is 0 Å². The van der Waals surface area contributed by atoms with E-state index in [1.807, 2.05) is 20.0 Å². The largest absolute Gasteiger partial charge is 0.373 e. The summed E-state index contributed by atoms with van der Waals surface area (Å²) < 4.78 is 0. The normalized spacial score (nSPS) is 9.73. The van der Waals surface area contributed by atoms with Gasteiger partial charge in [0.15, 0.2) is 0 Å². The van der Waals surface area contributed by atoms with Gasteiger partial charge in [-0.3, -0.25) is 0 Å². The molecule has 0 radical (unpaired) electrons. The fourth-order valence-electron chi connectivity index (χ4n) is 0.939. The molecule has 1 rings (SSSR count). The first kappa shape index (κ1) is 7.98. The van der Waals surface area contributed by atoms with Crippen LogP contribution >= 0.6 is 0 Å². The predicted octanol–water partition coefficient (Wildman–Crippen LogP) is 1.39. The highest BCUT2D eigenvalue weighted by molar-refractivity contribution is 5.34. The van der Waals surface area contributed by atoms with E-state index in [0.29, 0.717) is 0 Å². The van der Waals surface area contributed by atoms with E-state index >= 15 is 0 Å². The van der Waals surface area contributed by atoms with Crippen molar-refractivity contribution < 1.29 is 0 Å². The first-order chi connectivity index (χ1) is 5.26. The van der Waals surface area contributed by atoms with E-state index in [-0.39, 0.29) is 0 Å². The molecule has 0 bridgehead atoms. The molecule has 11 heavy (non-hydrogen) atoms. The second kappa shape index (κ2) is 3.32. The zero-order valence-electron chi connectivity index (χ0n) is 7.18. The summed E-state index contributed by atoms with van der Waals surface area (Å²) in [4.78, 5) is 8.43. The summed E-state index contributed by atoms with van der Waals surface area (Å²) in [5, 5.41) is 2.99. The van der Waals surface area contributed by atoms with Crippen molar-refractivity contribution in [2.45, 2.75) is 20.3 Å². The third-order valence-corrected chi connectivity index (χ3v) is 1.51. The molecular formula is C8H13N3. The van der Waals surface area contributed by atoms with Crippen LogP contribution in [0.2, 0.25) is 0 Å². The summed E-state index contributed by atoms with van der Waals surface area (Å²) in [6.45, 7) is 3.99. The Morgan fingerprint density at radius 1 is 1.45 bits per heavy atom. The average Bonchev–Trinajstić information content (AvgIpc) is 2.03. The fourth-order valence-corrected chi connectivity index (χ4v) is 0.939. The zero-order valence-corrected chi connectivity index (χ0v) is 7.18. The zero-order chi connectivity index (χ0) is 8.27. The van der Waals surface area contributed by atoms with Crippen LogP contribution in [-0.2, 0) is 6.42 Å². The Morgan fingerprint density at radius 3 is 2.73 bits per heavy atom. The monoisotopic (exact) mass is 151 g/mol. The van der Waals surface area contributed by atoms with Gasteiger partial charge >= 0.3 is 0 Å². The van der Waals surface area contributed by atoms with Crippen LogP contribution in [0.4, 0.5) is 5.82 Å². The molecule has 1 aromatic rings. The highest BCUT2D eigenvalue weighted by atomic mass is 15.0. The van der Waals surface area contributed by atoms with Crippen molar-refractivity contribution >= 4 is 5.82 Å². The summed E-state index contributed by atoms with van der Waals surface area (Å²) in [7, 11) is 1.86. The van der Waals surface area contributed by atoms with E-state index in [1.54, 1.807) is 0 Å². The van der Waals surface area contributed by atoms with Crippen LogP contribution in [0.25, 0.3) is 0 Å². The highest BCUT2D eigenvalue weighted by Gasteiger charge is 1.96. The minimum Gasteiger partial charge on any atom is -0.373 e. The van der Waals surface area contributed by atoms with Crippen LogP contribution in [0.3, 0.4) is 0 Å². The lowest BCUT2D eigenvalue weighted by atomic mass is 10.3. The van der Waals surface area contributed by atoms with Gasteiger partial charge in [0.25, 0.3) is 0 Å². The van der Waals surface area contributed by atoms with E-state index in [0.717, 1.165) is 23.8 Å². The molecular weight excluding hydrogens is 138 g/mol. The summed E-state index contributed by atoms with van der Waals surface area (Å²) in [6.07, 6.45) is 0.956. The molecule has 0 aromatic carbocycles. The molecule has 0 atom stereocenters. The van der Waals surface area contributed by atoms with Gasteiger partial charge in [0, 0.05) is 18.8 Å². The number of hydrogen-bond acceptors (Lipinski definition) is 3. The van der Waals surface area contributed by atoms with Crippen molar-refractivity contribution in [2.75, 3.05) is 12.4 Å². The lowest BCUT2D eigenvalue weighted by molar-refractivity contribution is 0.951.